The summed E-state index contributed by atoms with van der Waals surface area (Å²) in [4.78, 5) is 6.68. The number of unbranched alkanes of at least 4 members (excludes halogenated alkanes) is 1. The van der Waals surface area contributed by atoms with Crippen LogP contribution in [-0.2, 0) is 0 Å². The zero-order valence-electron chi connectivity index (χ0n) is 11.4. The molecule has 0 atom stereocenters. The van der Waals surface area contributed by atoms with Crippen molar-refractivity contribution in [1.82, 2.24) is 10.3 Å². The van der Waals surface area contributed by atoms with Crippen LogP contribution in [0.15, 0.2) is 18.3 Å². The van der Waals surface area contributed by atoms with Gasteiger partial charge in [0.05, 0.1) is 0 Å². The third kappa shape index (κ3) is 5.18. The fourth-order valence-corrected chi connectivity index (χ4v) is 1.59. The molecule has 3 heteroatoms. The largest absolute Gasteiger partial charge is 0.354 e. The standard InChI is InChI=1S/C10H15N3.C4H10/c1-9-2-3-12-10(8-9)13-6-4-11-5-7-13;1-3-4-2/h2-3,8,11H,4-7H2,1H3;3-4H2,1-2H3. The maximum Gasteiger partial charge on any atom is 0.128 e. The van der Waals surface area contributed by atoms with Crippen molar-refractivity contribution in [2.24, 2.45) is 0 Å². The monoisotopic (exact) mass is 235 g/mol. The summed E-state index contributed by atoms with van der Waals surface area (Å²) < 4.78 is 0. The molecular formula is C14H25N3. The molecule has 0 aliphatic carbocycles. The van der Waals surface area contributed by atoms with E-state index in [1.54, 1.807) is 0 Å². The van der Waals surface area contributed by atoms with E-state index in [1.165, 1.54) is 18.4 Å². The van der Waals surface area contributed by atoms with E-state index < -0.39 is 0 Å². The molecule has 0 spiro atoms. The van der Waals surface area contributed by atoms with Gasteiger partial charge < -0.3 is 10.2 Å². The van der Waals surface area contributed by atoms with E-state index >= 15 is 0 Å². The highest BCUT2D eigenvalue weighted by molar-refractivity contribution is 5.41. The lowest BCUT2D eigenvalue weighted by Crippen LogP contribution is -2.43. The number of anilines is 1. The van der Waals surface area contributed by atoms with E-state index in [0.29, 0.717) is 0 Å². The predicted molar refractivity (Wildman–Crippen MR) is 74.6 cm³/mol. The van der Waals surface area contributed by atoms with Gasteiger partial charge in [0, 0.05) is 32.4 Å². The molecule has 3 nitrogen and oxygen atoms in total. The minimum Gasteiger partial charge on any atom is -0.354 e. The van der Waals surface area contributed by atoms with Crippen molar-refractivity contribution in [3.63, 3.8) is 0 Å². The lowest BCUT2D eigenvalue weighted by atomic mass is 10.2. The highest BCUT2D eigenvalue weighted by Gasteiger charge is 2.10. The summed E-state index contributed by atoms with van der Waals surface area (Å²) >= 11 is 0. The van der Waals surface area contributed by atoms with Crippen molar-refractivity contribution in [3.8, 4) is 0 Å². The van der Waals surface area contributed by atoms with E-state index in [1.807, 2.05) is 12.3 Å². The summed E-state index contributed by atoms with van der Waals surface area (Å²) in [5, 5.41) is 3.33. The maximum absolute atomic E-state index is 4.36. The molecule has 1 aliphatic rings. The molecule has 96 valence electrons. The molecule has 0 aromatic carbocycles. The first-order chi connectivity index (χ1) is 8.27. The van der Waals surface area contributed by atoms with Crippen LogP contribution in [-0.4, -0.2) is 31.2 Å². The fourth-order valence-electron chi connectivity index (χ4n) is 1.59. The average molecular weight is 235 g/mol. The van der Waals surface area contributed by atoms with Gasteiger partial charge in [-0.1, -0.05) is 26.7 Å². The smallest absolute Gasteiger partial charge is 0.128 e. The third-order valence-electron chi connectivity index (χ3n) is 2.84. The summed E-state index contributed by atoms with van der Waals surface area (Å²) in [6.45, 7) is 10.7. The van der Waals surface area contributed by atoms with E-state index in [0.717, 1.165) is 32.0 Å². The van der Waals surface area contributed by atoms with E-state index in [9.17, 15) is 0 Å². The summed E-state index contributed by atoms with van der Waals surface area (Å²) in [6, 6.07) is 4.18. The minimum atomic E-state index is 1.07. The summed E-state index contributed by atoms with van der Waals surface area (Å²) in [5.41, 5.74) is 1.28. The molecule has 1 N–H and O–H groups in total. The van der Waals surface area contributed by atoms with Crippen molar-refractivity contribution in [2.75, 3.05) is 31.1 Å². The number of pyridine rings is 1. The number of aromatic nitrogens is 1. The zero-order chi connectivity index (χ0) is 12.5. The Morgan fingerprint density at radius 2 is 1.88 bits per heavy atom. The van der Waals surface area contributed by atoms with Crippen molar-refractivity contribution in [1.29, 1.82) is 0 Å². The predicted octanol–water partition coefficient (Wildman–Crippen LogP) is 2.61. The van der Waals surface area contributed by atoms with E-state index in [4.69, 9.17) is 0 Å². The second kappa shape index (κ2) is 8.07. The highest BCUT2D eigenvalue weighted by Crippen LogP contribution is 2.11. The molecule has 0 radical (unpaired) electrons. The first-order valence-corrected chi connectivity index (χ1v) is 6.66. The van der Waals surface area contributed by atoms with Crippen LogP contribution in [0.3, 0.4) is 0 Å². The Hall–Kier alpha value is -1.09. The maximum atomic E-state index is 4.36. The first kappa shape index (κ1) is 14.0. The number of nitrogens with one attached hydrogen (secondary N) is 1. The quantitative estimate of drug-likeness (QED) is 0.854. The fraction of sp³-hybridized carbons (Fsp3) is 0.643. The van der Waals surface area contributed by atoms with Gasteiger partial charge in [-0.2, -0.15) is 0 Å². The molecule has 2 rings (SSSR count). The van der Waals surface area contributed by atoms with Gasteiger partial charge in [0.25, 0.3) is 0 Å². The number of hydrogen-bond donors (Lipinski definition) is 1. The van der Waals surface area contributed by atoms with Crippen LogP contribution in [0.25, 0.3) is 0 Å². The number of piperazine rings is 1. The Labute approximate surface area is 105 Å². The second-order valence-electron chi connectivity index (χ2n) is 4.43. The topological polar surface area (TPSA) is 28.2 Å². The van der Waals surface area contributed by atoms with Gasteiger partial charge in [-0.25, -0.2) is 4.98 Å². The number of hydrogen-bond acceptors (Lipinski definition) is 3. The average Bonchev–Trinajstić information content (AvgIpc) is 2.40. The Kier molecular flexibility index (Phi) is 6.63. The molecular weight excluding hydrogens is 210 g/mol. The number of nitrogens with zero attached hydrogens (tertiary/aromatic N) is 2. The molecule has 17 heavy (non-hydrogen) atoms. The molecule has 1 fully saturated rings. The highest BCUT2D eigenvalue weighted by atomic mass is 15.2. The van der Waals surface area contributed by atoms with E-state index in [-0.39, 0.29) is 0 Å². The number of rotatable bonds is 2. The van der Waals surface area contributed by atoms with Gasteiger partial charge >= 0.3 is 0 Å². The minimum absolute atomic E-state index is 1.07. The van der Waals surface area contributed by atoms with Gasteiger partial charge in [0.1, 0.15) is 5.82 Å². The Morgan fingerprint density at radius 1 is 1.24 bits per heavy atom. The first-order valence-electron chi connectivity index (χ1n) is 6.66. The van der Waals surface area contributed by atoms with Crippen LogP contribution in [0.4, 0.5) is 5.82 Å². The zero-order valence-corrected chi connectivity index (χ0v) is 11.4. The Morgan fingerprint density at radius 3 is 2.41 bits per heavy atom. The van der Waals surface area contributed by atoms with Crippen LogP contribution < -0.4 is 10.2 Å². The SMILES string of the molecule is CCCC.Cc1ccnc(N2CCNCC2)c1. The molecule has 0 saturated carbocycles. The lowest BCUT2D eigenvalue weighted by molar-refractivity contribution is 0.585. The molecule has 2 heterocycles. The van der Waals surface area contributed by atoms with Crippen LogP contribution in [0, 0.1) is 6.92 Å². The van der Waals surface area contributed by atoms with Gasteiger partial charge in [-0.15, -0.1) is 0 Å². The molecule has 1 aliphatic heterocycles. The molecule has 1 saturated heterocycles. The van der Waals surface area contributed by atoms with Gasteiger partial charge in [-0.05, 0) is 24.6 Å². The van der Waals surface area contributed by atoms with Crippen molar-refractivity contribution >= 4 is 5.82 Å². The summed E-state index contributed by atoms with van der Waals surface area (Å²) in [5.74, 6) is 1.11. The Balaban J connectivity index is 0.000000317. The summed E-state index contributed by atoms with van der Waals surface area (Å²) in [7, 11) is 0. The van der Waals surface area contributed by atoms with Crippen LogP contribution in [0.1, 0.15) is 32.3 Å². The van der Waals surface area contributed by atoms with Crippen molar-refractivity contribution in [2.45, 2.75) is 33.6 Å². The lowest BCUT2D eigenvalue weighted by Gasteiger charge is -2.28. The van der Waals surface area contributed by atoms with Gasteiger partial charge in [0.15, 0.2) is 0 Å². The van der Waals surface area contributed by atoms with E-state index in [2.05, 4.69) is 42.0 Å². The van der Waals surface area contributed by atoms with Crippen LogP contribution in [0.5, 0.6) is 0 Å². The van der Waals surface area contributed by atoms with Crippen molar-refractivity contribution < 1.29 is 0 Å². The third-order valence-corrected chi connectivity index (χ3v) is 2.84. The normalized spacial score (nSPS) is 15.1. The van der Waals surface area contributed by atoms with Crippen molar-refractivity contribution in [3.05, 3.63) is 23.9 Å². The molecule has 0 bridgehead atoms. The summed E-state index contributed by atoms with van der Waals surface area (Å²) in [6.07, 6.45) is 4.52. The molecule has 0 amide bonds. The van der Waals surface area contributed by atoms with Gasteiger partial charge in [-0.3, -0.25) is 0 Å². The Bertz CT molecular complexity index is 304. The second-order valence-corrected chi connectivity index (χ2v) is 4.43. The number of aryl methyl sites for hydroxylation is 1. The molecule has 1 aromatic heterocycles. The molecule has 1 aromatic rings. The van der Waals surface area contributed by atoms with Gasteiger partial charge in [0.2, 0.25) is 0 Å². The van der Waals surface area contributed by atoms with Crippen LogP contribution >= 0.6 is 0 Å². The molecule has 0 unspecified atom stereocenters. The van der Waals surface area contributed by atoms with Crippen LogP contribution in [0.2, 0.25) is 0 Å².